The second-order valence-corrected chi connectivity index (χ2v) is 5.30. The largest absolute Gasteiger partial charge is 0.481 e. The Morgan fingerprint density at radius 3 is 2.68 bits per heavy atom. The molecule has 0 unspecified atom stereocenters. The molecule has 0 radical (unpaired) electrons. The van der Waals surface area contributed by atoms with E-state index in [-0.39, 0.29) is 12.2 Å². The van der Waals surface area contributed by atoms with Gasteiger partial charge in [0.25, 0.3) is 0 Å². The molecular formula is C17H18FNO3. The zero-order valence-electron chi connectivity index (χ0n) is 12.6. The van der Waals surface area contributed by atoms with Crippen molar-refractivity contribution in [2.24, 2.45) is 0 Å². The van der Waals surface area contributed by atoms with Gasteiger partial charge in [0.05, 0.1) is 5.69 Å². The number of carboxylic acids is 1. The molecule has 1 aromatic carbocycles. The monoisotopic (exact) mass is 303 g/mol. The number of benzene rings is 1. The second kappa shape index (κ2) is 6.56. The van der Waals surface area contributed by atoms with Crippen molar-refractivity contribution in [3.63, 3.8) is 0 Å². The van der Waals surface area contributed by atoms with E-state index >= 15 is 0 Å². The van der Waals surface area contributed by atoms with Gasteiger partial charge in [0.15, 0.2) is 6.29 Å². The molecule has 0 atom stereocenters. The summed E-state index contributed by atoms with van der Waals surface area (Å²) in [5.74, 6) is -1.19. The van der Waals surface area contributed by atoms with E-state index in [4.69, 9.17) is 5.11 Å². The lowest BCUT2D eigenvalue weighted by Gasteiger charge is -2.09. The molecule has 0 bridgehead atoms. The molecule has 0 aliphatic carbocycles. The molecule has 0 fully saturated rings. The third kappa shape index (κ3) is 3.24. The number of nitrogens with zero attached hydrogens (tertiary/aromatic N) is 1. The summed E-state index contributed by atoms with van der Waals surface area (Å²) in [6, 6.07) is 6.22. The molecule has 1 N–H and O–H groups in total. The van der Waals surface area contributed by atoms with Crippen molar-refractivity contribution in [1.82, 2.24) is 4.57 Å². The van der Waals surface area contributed by atoms with Crippen molar-refractivity contribution < 1.29 is 19.1 Å². The molecule has 1 heterocycles. The van der Waals surface area contributed by atoms with Gasteiger partial charge in [-0.3, -0.25) is 9.59 Å². The number of aliphatic carboxylic acids is 1. The molecule has 0 spiro atoms. The third-order valence-corrected chi connectivity index (χ3v) is 3.90. The molecule has 0 saturated heterocycles. The Bertz CT molecular complexity index is 719. The van der Waals surface area contributed by atoms with Gasteiger partial charge in [-0.05, 0) is 49.1 Å². The molecule has 4 nitrogen and oxygen atoms in total. The first kappa shape index (κ1) is 15.9. The lowest BCUT2D eigenvalue weighted by atomic mass is 10.1. The summed E-state index contributed by atoms with van der Waals surface area (Å²) in [5.41, 5.74) is 3.80. The van der Waals surface area contributed by atoms with Crippen molar-refractivity contribution >= 4 is 12.3 Å². The number of hydrogen-bond acceptors (Lipinski definition) is 2. The molecule has 1 aromatic heterocycles. The number of carboxylic acid groups (broad SMARTS) is 1. The molecule has 5 heteroatoms. The molecule has 0 aliphatic rings. The minimum Gasteiger partial charge on any atom is -0.481 e. The van der Waals surface area contributed by atoms with Crippen molar-refractivity contribution in [3.8, 4) is 0 Å². The molecule has 0 amide bonds. The molecule has 116 valence electrons. The Kier molecular flexibility index (Phi) is 4.75. The van der Waals surface area contributed by atoms with E-state index < -0.39 is 5.97 Å². The first-order valence-corrected chi connectivity index (χ1v) is 7.04. The number of carbonyl (C=O) groups is 2. The second-order valence-electron chi connectivity index (χ2n) is 5.30. The zero-order valence-corrected chi connectivity index (χ0v) is 12.6. The number of aromatic nitrogens is 1. The fraction of sp³-hybridized carbons (Fsp3) is 0.294. The summed E-state index contributed by atoms with van der Waals surface area (Å²) < 4.78 is 15.1. The fourth-order valence-corrected chi connectivity index (χ4v) is 2.75. The summed E-state index contributed by atoms with van der Waals surface area (Å²) >= 11 is 0. The average Bonchev–Trinajstić information content (AvgIpc) is 2.68. The molecule has 2 aromatic rings. The highest BCUT2D eigenvalue weighted by Crippen LogP contribution is 2.24. The van der Waals surface area contributed by atoms with Crippen molar-refractivity contribution in [2.75, 3.05) is 0 Å². The van der Waals surface area contributed by atoms with Gasteiger partial charge in [-0.1, -0.05) is 12.1 Å². The number of halogens is 1. The lowest BCUT2D eigenvalue weighted by Crippen LogP contribution is -2.07. The van der Waals surface area contributed by atoms with Crippen LogP contribution in [0.2, 0.25) is 0 Å². The Balaban J connectivity index is 2.40. The van der Waals surface area contributed by atoms with Crippen LogP contribution in [0.5, 0.6) is 0 Å². The van der Waals surface area contributed by atoms with Gasteiger partial charge >= 0.3 is 5.97 Å². The highest BCUT2D eigenvalue weighted by Gasteiger charge is 2.17. The van der Waals surface area contributed by atoms with E-state index in [1.165, 1.54) is 12.1 Å². The summed E-state index contributed by atoms with van der Waals surface area (Å²) in [4.78, 5) is 22.2. The maximum absolute atomic E-state index is 13.3. The third-order valence-electron chi connectivity index (χ3n) is 3.90. The molecular weight excluding hydrogens is 285 g/mol. The first-order valence-electron chi connectivity index (χ1n) is 7.04. The van der Waals surface area contributed by atoms with E-state index in [0.29, 0.717) is 18.7 Å². The molecule has 0 saturated carbocycles. The van der Waals surface area contributed by atoms with Gasteiger partial charge in [-0.2, -0.15) is 0 Å². The summed E-state index contributed by atoms with van der Waals surface area (Å²) in [5, 5.41) is 8.84. The summed E-state index contributed by atoms with van der Waals surface area (Å²) in [7, 11) is 0. The van der Waals surface area contributed by atoms with Crippen LogP contribution in [0, 0.1) is 19.7 Å². The van der Waals surface area contributed by atoms with Crippen molar-refractivity contribution in [1.29, 1.82) is 0 Å². The minimum atomic E-state index is -0.871. The highest BCUT2D eigenvalue weighted by molar-refractivity contribution is 5.77. The van der Waals surface area contributed by atoms with E-state index in [1.807, 2.05) is 18.4 Å². The van der Waals surface area contributed by atoms with Crippen LogP contribution in [-0.2, 0) is 17.8 Å². The lowest BCUT2D eigenvalue weighted by molar-refractivity contribution is -0.136. The highest BCUT2D eigenvalue weighted by atomic mass is 19.1. The zero-order chi connectivity index (χ0) is 16.3. The Morgan fingerprint density at radius 1 is 1.36 bits per heavy atom. The van der Waals surface area contributed by atoms with Gasteiger partial charge in [-0.25, -0.2) is 4.39 Å². The van der Waals surface area contributed by atoms with Crippen LogP contribution >= 0.6 is 0 Å². The molecule has 0 aliphatic heterocycles. The normalized spacial score (nSPS) is 10.7. The first-order chi connectivity index (χ1) is 10.4. The standard InChI is InChI=1S/C17H18FNO3/c1-11-15(6-7-17(21)22)12(2)19(16(11)10-20)9-13-4-3-5-14(18)8-13/h3-5,8,10H,6-7,9H2,1-2H3,(H,21,22). The van der Waals surface area contributed by atoms with Crippen molar-refractivity contribution in [3.05, 3.63) is 58.2 Å². The quantitative estimate of drug-likeness (QED) is 0.834. The maximum Gasteiger partial charge on any atom is 0.303 e. The SMILES string of the molecule is Cc1c(CCC(=O)O)c(C)n(Cc2cccc(F)c2)c1C=O. The van der Waals surface area contributed by atoms with Crippen LogP contribution in [-0.4, -0.2) is 21.9 Å². The van der Waals surface area contributed by atoms with Gasteiger partial charge < -0.3 is 9.67 Å². The van der Waals surface area contributed by atoms with E-state index in [9.17, 15) is 14.0 Å². The van der Waals surface area contributed by atoms with E-state index in [0.717, 1.165) is 28.7 Å². The van der Waals surface area contributed by atoms with Crippen LogP contribution in [0.25, 0.3) is 0 Å². The van der Waals surface area contributed by atoms with Crippen LogP contribution in [0.15, 0.2) is 24.3 Å². The van der Waals surface area contributed by atoms with Crippen LogP contribution < -0.4 is 0 Å². The molecule has 22 heavy (non-hydrogen) atoms. The predicted molar refractivity (Wildman–Crippen MR) is 80.8 cm³/mol. The number of aldehydes is 1. The maximum atomic E-state index is 13.3. The van der Waals surface area contributed by atoms with Crippen LogP contribution in [0.3, 0.4) is 0 Å². The Labute approximate surface area is 128 Å². The smallest absolute Gasteiger partial charge is 0.303 e. The number of hydrogen-bond donors (Lipinski definition) is 1. The summed E-state index contributed by atoms with van der Waals surface area (Å²) in [6.45, 7) is 4.05. The van der Waals surface area contributed by atoms with Gasteiger partial charge in [-0.15, -0.1) is 0 Å². The van der Waals surface area contributed by atoms with Crippen LogP contribution in [0.1, 0.15) is 39.3 Å². The number of rotatable bonds is 6. The van der Waals surface area contributed by atoms with Gasteiger partial charge in [0.2, 0.25) is 0 Å². The fourth-order valence-electron chi connectivity index (χ4n) is 2.75. The minimum absolute atomic E-state index is 0.0178. The Morgan fingerprint density at radius 2 is 2.09 bits per heavy atom. The molecule has 2 rings (SSSR count). The number of carbonyl (C=O) groups excluding carboxylic acids is 1. The van der Waals surface area contributed by atoms with Crippen molar-refractivity contribution in [2.45, 2.75) is 33.2 Å². The predicted octanol–water partition coefficient (Wildman–Crippen LogP) is 3.12. The Hall–Kier alpha value is -2.43. The topological polar surface area (TPSA) is 59.3 Å². The van der Waals surface area contributed by atoms with E-state index in [2.05, 4.69) is 0 Å². The van der Waals surface area contributed by atoms with Gasteiger partial charge in [0, 0.05) is 18.7 Å². The summed E-state index contributed by atoms with van der Waals surface area (Å²) in [6.07, 6.45) is 1.17. The van der Waals surface area contributed by atoms with Gasteiger partial charge in [0.1, 0.15) is 5.82 Å². The van der Waals surface area contributed by atoms with Crippen LogP contribution in [0.4, 0.5) is 4.39 Å². The van der Waals surface area contributed by atoms with E-state index in [1.54, 1.807) is 12.1 Å². The average molecular weight is 303 g/mol.